The third-order valence-electron chi connectivity index (χ3n) is 2.94. The second-order valence-corrected chi connectivity index (χ2v) is 4.02. The molecule has 0 aromatic heterocycles. The molecule has 61 valence electrons. The van der Waals surface area contributed by atoms with Crippen molar-refractivity contribution in [1.29, 1.82) is 0 Å². The van der Waals surface area contributed by atoms with Crippen molar-refractivity contribution in [2.45, 2.75) is 51.4 Å². The Morgan fingerprint density at radius 2 is 1.73 bits per heavy atom. The maximum Gasteiger partial charge on any atom is -0.00584 e. The van der Waals surface area contributed by atoms with Crippen LogP contribution >= 0.6 is 0 Å². The average Bonchev–Trinajstić information content (AvgIpc) is 2.77. The Bertz CT molecular complexity index is 147. The highest BCUT2D eigenvalue weighted by Gasteiger charge is 2.17. The lowest BCUT2D eigenvalue weighted by Gasteiger charge is -2.10. The summed E-state index contributed by atoms with van der Waals surface area (Å²) in [4.78, 5) is 0. The second-order valence-electron chi connectivity index (χ2n) is 4.02. The summed E-state index contributed by atoms with van der Waals surface area (Å²) in [6.45, 7) is 0. The van der Waals surface area contributed by atoms with Gasteiger partial charge in [0.15, 0.2) is 0 Å². The van der Waals surface area contributed by atoms with Crippen molar-refractivity contribution in [3.8, 4) is 0 Å². The van der Waals surface area contributed by atoms with Crippen molar-refractivity contribution in [3.05, 3.63) is 11.6 Å². The van der Waals surface area contributed by atoms with E-state index in [1.807, 2.05) is 0 Å². The average molecular weight is 149 g/mol. The molecule has 2 aliphatic rings. The summed E-state index contributed by atoms with van der Waals surface area (Å²) in [5.41, 5.74) is 1.62. The molecular weight excluding hydrogens is 132 g/mol. The van der Waals surface area contributed by atoms with Crippen LogP contribution in [0.2, 0.25) is 0 Å². The highest BCUT2D eigenvalue weighted by Crippen LogP contribution is 2.32. The molecule has 0 spiro atoms. The Labute approximate surface area is 69.7 Å². The van der Waals surface area contributed by atoms with E-state index < -0.39 is 0 Å². The molecule has 0 bridgehead atoms. The third-order valence-corrected chi connectivity index (χ3v) is 2.94. The molecule has 1 saturated carbocycles. The lowest BCUT2D eigenvalue weighted by molar-refractivity contribution is 0.460. The van der Waals surface area contributed by atoms with Crippen LogP contribution in [0.5, 0.6) is 0 Å². The molecule has 0 N–H and O–H groups in total. The zero-order valence-electron chi connectivity index (χ0n) is 7.23. The molecule has 2 rings (SSSR count). The highest BCUT2D eigenvalue weighted by molar-refractivity contribution is 5.15. The first-order valence-corrected chi connectivity index (χ1v) is 5.04. The van der Waals surface area contributed by atoms with Crippen LogP contribution in [0.25, 0.3) is 0 Å². The minimum atomic E-state index is 1.03. The zero-order valence-corrected chi connectivity index (χ0v) is 7.23. The Kier molecular flexibility index (Phi) is 2.30. The summed E-state index contributed by atoms with van der Waals surface area (Å²) in [5.74, 6) is 1.03. The van der Waals surface area contributed by atoms with Gasteiger partial charge in [0.2, 0.25) is 0 Å². The second kappa shape index (κ2) is 3.42. The van der Waals surface area contributed by atoms with E-state index in [4.69, 9.17) is 0 Å². The van der Waals surface area contributed by atoms with Gasteiger partial charge in [0, 0.05) is 0 Å². The molecule has 0 amide bonds. The number of hydrogen-bond donors (Lipinski definition) is 0. The largest absolute Gasteiger partial charge is 0.0617 e. The molecular formula is C11H17. The van der Waals surface area contributed by atoms with Crippen LogP contribution in [0.15, 0.2) is 5.57 Å². The molecule has 11 heavy (non-hydrogen) atoms. The van der Waals surface area contributed by atoms with Gasteiger partial charge >= 0.3 is 0 Å². The number of hydrogen-bond acceptors (Lipinski definition) is 0. The van der Waals surface area contributed by atoms with Gasteiger partial charge in [0.1, 0.15) is 0 Å². The van der Waals surface area contributed by atoms with Crippen LogP contribution in [0.4, 0.5) is 0 Å². The molecule has 2 aliphatic carbocycles. The Morgan fingerprint density at radius 3 is 2.27 bits per heavy atom. The SMILES string of the molecule is [C]1=C(CC2CCCCCC2)C1. The molecule has 1 fully saturated rings. The van der Waals surface area contributed by atoms with Crippen molar-refractivity contribution in [2.75, 3.05) is 0 Å². The van der Waals surface area contributed by atoms with Crippen LogP contribution in [0, 0.1) is 12.0 Å². The van der Waals surface area contributed by atoms with E-state index in [0.717, 1.165) is 5.92 Å². The van der Waals surface area contributed by atoms with Gasteiger partial charge in [-0.2, -0.15) is 0 Å². The molecule has 1 radical (unpaired) electrons. The van der Waals surface area contributed by atoms with Crippen LogP contribution in [-0.2, 0) is 0 Å². The van der Waals surface area contributed by atoms with Gasteiger partial charge in [0.25, 0.3) is 0 Å². The summed E-state index contributed by atoms with van der Waals surface area (Å²) in [7, 11) is 0. The van der Waals surface area contributed by atoms with Gasteiger partial charge in [-0.15, -0.1) is 0 Å². The zero-order chi connectivity index (χ0) is 7.52. The van der Waals surface area contributed by atoms with Gasteiger partial charge in [-0.3, -0.25) is 0 Å². The molecule has 0 aliphatic heterocycles. The quantitative estimate of drug-likeness (QED) is 0.527. The van der Waals surface area contributed by atoms with Gasteiger partial charge in [-0.25, -0.2) is 0 Å². The van der Waals surface area contributed by atoms with Gasteiger partial charge in [-0.1, -0.05) is 44.1 Å². The van der Waals surface area contributed by atoms with Crippen molar-refractivity contribution < 1.29 is 0 Å². The monoisotopic (exact) mass is 149 g/mol. The fourth-order valence-corrected chi connectivity index (χ4v) is 2.12. The van der Waals surface area contributed by atoms with E-state index in [1.165, 1.54) is 51.4 Å². The van der Waals surface area contributed by atoms with Crippen molar-refractivity contribution in [2.24, 2.45) is 5.92 Å². The maximum atomic E-state index is 3.32. The Hall–Kier alpha value is -0.260. The predicted molar refractivity (Wildman–Crippen MR) is 47.2 cm³/mol. The van der Waals surface area contributed by atoms with Gasteiger partial charge in [0.05, 0.1) is 0 Å². The fourth-order valence-electron chi connectivity index (χ4n) is 2.12. The van der Waals surface area contributed by atoms with E-state index in [2.05, 4.69) is 6.08 Å². The first-order valence-electron chi connectivity index (χ1n) is 5.04. The topological polar surface area (TPSA) is 0 Å². The molecule has 0 atom stereocenters. The van der Waals surface area contributed by atoms with E-state index >= 15 is 0 Å². The molecule has 0 nitrogen and oxygen atoms in total. The van der Waals surface area contributed by atoms with Crippen LogP contribution in [0.3, 0.4) is 0 Å². The van der Waals surface area contributed by atoms with Crippen molar-refractivity contribution in [3.63, 3.8) is 0 Å². The molecule has 0 saturated heterocycles. The van der Waals surface area contributed by atoms with E-state index in [0.29, 0.717) is 0 Å². The van der Waals surface area contributed by atoms with E-state index in [1.54, 1.807) is 5.57 Å². The fraction of sp³-hybridized carbons (Fsp3) is 0.818. The van der Waals surface area contributed by atoms with Crippen LogP contribution in [0.1, 0.15) is 51.4 Å². The summed E-state index contributed by atoms with van der Waals surface area (Å²) < 4.78 is 0. The van der Waals surface area contributed by atoms with Crippen molar-refractivity contribution >= 4 is 0 Å². The van der Waals surface area contributed by atoms with E-state index in [-0.39, 0.29) is 0 Å². The summed E-state index contributed by atoms with van der Waals surface area (Å²) in [6.07, 6.45) is 14.8. The predicted octanol–water partition coefficient (Wildman–Crippen LogP) is 3.48. The summed E-state index contributed by atoms with van der Waals surface area (Å²) in [5, 5.41) is 0. The summed E-state index contributed by atoms with van der Waals surface area (Å²) in [6, 6.07) is 0. The van der Waals surface area contributed by atoms with Gasteiger partial charge in [-0.05, 0) is 24.8 Å². The van der Waals surface area contributed by atoms with Crippen LogP contribution < -0.4 is 0 Å². The molecule has 0 aromatic rings. The molecule has 0 heteroatoms. The van der Waals surface area contributed by atoms with Gasteiger partial charge < -0.3 is 0 Å². The van der Waals surface area contributed by atoms with Crippen molar-refractivity contribution in [1.82, 2.24) is 0 Å². The Balaban J connectivity index is 1.75. The Morgan fingerprint density at radius 1 is 1.09 bits per heavy atom. The first kappa shape index (κ1) is 7.39. The van der Waals surface area contributed by atoms with Crippen LogP contribution in [-0.4, -0.2) is 0 Å². The number of allylic oxidation sites excluding steroid dienone is 2. The van der Waals surface area contributed by atoms with E-state index in [9.17, 15) is 0 Å². The molecule has 0 aromatic carbocycles. The lowest BCUT2D eigenvalue weighted by atomic mass is 9.95. The number of rotatable bonds is 2. The first-order chi connectivity index (χ1) is 5.45. The normalized spacial score (nSPS) is 26.0. The molecule has 0 heterocycles. The standard InChI is InChI=1S/C11H17/c1-2-4-6-10(5-3-1)9-11-7-8-11/h10H,1-7,9H2. The lowest BCUT2D eigenvalue weighted by Crippen LogP contribution is -1.96. The highest BCUT2D eigenvalue weighted by atomic mass is 14.2. The minimum Gasteiger partial charge on any atom is -0.0617 e. The molecule has 0 unspecified atom stereocenters. The maximum absolute atomic E-state index is 3.32. The summed E-state index contributed by atoms with van der Waals surface area (Å²) >= 11 is 0. The third kappa shape index (κ3) is 2.36. The smallest absolute Gasteiger partial charge is 0.00584 e. The minimum absolute atomic E-state index is 1.03.